The standard InChI is InChI=1S/C28H31NO15/c29-3-4-36-28-27(25(35)24(34)20(42-28)11-38-22(33)8-21(31)32)44-43-12-1-2-16-14(5-12)26-15(10-37-16)13-6-18-19(7-17(13)41-26)40-23(9-30)39-18/h1-2,5-7,15,20,23-28,30,34-35H,3-4,8-11,29H2,(H,31,32)/t15-,20-,23-,24-,25+,26-,27-,28-/m1/s1. The molecule has 0 amide bonds. The van der Waals surface area contributed by atoms with E-state index in [1.54, 1.807) is 24.3 Å². The number of aliphatic hydroxyl groups excluding tert-OH is 3. The molecule has 6 N–H and O–H groups in total. The first-order valence-corrected chi connectivity index (χ1v) is 13.8. The summed E-state index contributed by atoms with van der Waals surface area (Å²) in [6.45, 7) is -0.388. The second-order valence-electron chi connectivity index (χ2n) is 10.4. The Labute approximate surface area is 249 Å². The van der Waals surface area contributed by atoms with E-state index in [0.717, 1.165) is 5.56 Å². The lowest BCUT2D eigenvalue weighted by Crippen LogP contribution is -2.60. The molecule has 0 spiro atoms. The van der Waals surface area contributed by atoms with Gasteiger partial charge in [0.15, 0.2) is 29.6 Å². The normalized spacial score (nSPS) is 29.5. The van der Waals surface area contributed by atoms with Gasteiger partial charge < -0.3 is 64.2 Å². The summed E-state index contributed by atoms with van der Waals surface area (Å²) in [4.78, 5) is 33.4. The molecule has 1 saturated heterocycles. The third-order valence-electron chi connectivity index (χ3n) is 7.47. The Kier molecular flexibility index (Phi) is 8.64. The van der Waals surface area contributed by atoms with E-state index < -0.39 is 68.1 Å². The molecule has 238 valence electrons. The first kappa shape index (κ1) is 30.1. The molecule has 2 aromatic carbocycles. The third kappa shape index (κ3) is 5.92. The quantitative estimate of drug-likeness (QED) is 0.0923. The molecule has 0 aromatic heterocycles. The molecular weight excluding hydrogens is 590 g/mol. The Hall–Kier alpha value is -3.90. The molecule has 8 atom stereocenters. The van der Waals surface area contributed by atoms with Gasteiger partial charge in [-0.2, -0.15) is 4.89 Å². The Morgan fingerprint density at radius 3 is 2.52 bits per heavy atom. The van der Waals surface area contributed by atoms with Crippen molar-refractivity contribution in [1.82, 2.24) is 0 Å². The molecule has 2 aromatic rings. The lowest BCUT2D eigenvalue weighted by atomic mass is 9.89. The van der Waals surface area contributed by atoms with Gasteiger partial charge >= 0.3 is 11.9 Å². The van der Waals surface area contributed by atoms with Crippen LogP contribution in [0.4, 0.5) is 0 Å². The number of esters is 1. The van der Waals surface area contributed by atoms with Crippen LogP contribution >= 0.6 is 0 Å². The predicted molar refractivity (Wildman–Crippen MR) is 141 cm³/mol. The number of hydrogen-bond donors (Lipinski definition) is 5. The molecule has 0 saturated carbocycles. The lowest BCUT2D eigenvalue weighted by Gasteiger charge is -2.40. The van der Waals surface area contributed by atoms with E-state index in [0.29, 0.717) is 35.2 Å². The molecule has 16 nitrogen and oxygen atoms in total. The molecule has 0 unspecified atom stereocenters. The number of rotatable bonds is 11. The van der Waals surface area contributed by atoms with Crippen LogP contribution in [0.3, 0.4) is 0 Å². The van der Waals surface area contributed by atoms with E-state index in [4.69, 9.17) is 53.8 Å². The van der Waals surface area contributed by atoms with Crippen LogP contribution in [0.2, 0.25) is 0 Å². The Morgan fingerprint density at radius 2 is 1.77 bits per heavy atom. The van der Waals surface area contributed by atoms with Crippen molar-refractivity contribution >= 4 is 11.9 Å². The summed E-state index contributed by atoms with van der Waals surface area (Å²) in [6.07, 6.45) is -9.21. The summed E-state index contributed by atoms with van der Waals surface area (Å²) in [5.41, 5.74) is 7.08. The number of carboxylic acid groups (broad SMARTS) is 1. The fourth-order valence-electron chi connectivity index (χ4n) is 5.39. The number of benzene rings is 2. The van der Waals surface area contributed by atoms with Crippen molar-refractivity contribution in [3.63, 3.8) is 0 Å². The number of nitrogens with two attached hydrogens (primary N) is 1. The summed E-state index contributed by atoms with van der Waals surface area (Å²) in [7, 11) is 0. The van der Waals surface area contributed by atoms with E-state index >= 15 is 0 Å². The topological polar surface area (TPSA) is 224 Å². The SMILES string of the molecule is NCCO[C@@H]1O[C@H](COC(=O)CC(=O)O)[C@@H](O)[C@H](O)[C@H]1OOc1ccc2c(c1)[C@H]1Oc3cc4c(cc3[C@H]1CO2)O[C@@H](CO)O4. The van der Waals surface area contributed by atoms with Gasteiger partial charge in [-0.3, -0.25) is 9.59 Å². The monoisotopic (exact) mass is 621 g/mol. The number of fused-ring (bicyclic) bond motifs is 6. The molecule has 0 aliphatic carbocycles. The van der Waals surface area contributed by atoms with Gasteiger partial charge in [-0.25, -0.2) is 0 Å². The van der Waals surface area contributed by atoms with Crippen molar-refractivity contribution in [2.24, 2.45) is 5.73 Å². The van der Waals surface area contributed by atoms with Crippen molar-refractivity contribution in [3.8, 4) is 28.7 Å². The number of carbonyl (C=O) groups excluding carboxylic acids is 1. The first-order valence-electron chi connectivity index (χ1n) is 13.8. The number of aliphatic hydroxyl groups is 3. The van der Waals surface area contributed by atoms with Crippen molar-refractivity contribution in [2.75, 3.05) is 33.0 Å². The molecule has 4 heterocycles. The van der Waals surface area contributed by atoms with Crippen molar-refractivity contribution in [2.45, 2.75) is 55.4 Å². The number of carbonyl (C=O) groups is 2. The second-order valence-corrected chi connectivity index (χ2v) is 10.4. The highest BCUT2D eigenvalue weighted by Gasteiger charge is 2.48. The molecule has 4 aliphatic rings. The van der Waals surface area contributed by atoms with Crippen molar-refractivity contribution < 1.29 is 72.9 Å². The van der Waals surface area contributed by atoms with Crippen LogP contribution in [0, 0.1) is 0 Å². The van der Waals surface area contributed by atoms with E-state index in [1.807, 2.05) is 6.07 Å². The minimum Gasteiger partial charge on any atom is -0.492 e. The van der Waals surface area contributed by atoms with Gasteiger partial charge in [-0.05, 0) is 24.3 Å². The maximum Gasteiger partial charge on any atom is 0.317 e. The molecular formula is C28H31NO15. The van der Waals surface area contributed by atoms with E-state index in [-0.39, 0.29) is 31.4 Å². The van der Waals surface area contributed by atoms with E-state index in [2.05, 4.69) is 0 Å². The number of hydrogen-bond acceptors (Lipinski definition) is 15. The summed E-state index contributed by atoms with van der Waals surface area (Å²) < 4.78 is 39.5. The van der Waals surface area contributed by atoms with E-state index in [9.17, 15) is 24.9 Å². The van der Waals surface area contributed by atoms with Gasteiger partial charge in [-0.15, -0.1) is 0 Å². The Bertz CT molecular complexity index is 1390. The van der Waals surface area contributed by atoms with Crippen molar-refractivity contribution in [1.29, 1.82) is 0 Å². The minimum absolute atomic E-state index is 0.00379. The predicted octanol–water partition coefficient (Wildman–Crippen LogP) is -0.495. The molecule has 16 heteroatoms. The lowest BCUT2D eigenvalue weighted by molar-refractivity contribution is -0.372. The van der Waals surface area contributed by atoms with Crippen LogP contribution in [0.5, 0.6) is 28.7 Å². The average Bonchev–Trinajstić information content (AvgIpc) is 3.59. The summed E-state index contributed by atoms with van der Waals surface area (Å²) >= 11 is 0. The van der Waals surface area contributed by atoms with Crippen molar-refractivity contribution in [3.05, 3.63) is 41.5 Å². The Morgan fingerprint density at radius 1 is 0.977 bits per heavy atom. The fourth-order valence-corrected chi connectivity index (χ4v) is 5.39. The van der Waals surface area contributed by atoms with Crippen LogP contribution in [0.25, 0.3) is 0 Å². The maximum absolute atomic E-state index is 11.6. The van der Waals surface area contributed by atoms with Crippen LogP contribution in [-0.2, 0) is 28.7 Å². The molecule has 44 heavy (non-hydrogen) atoms. The van der Waals surface area contributed by atoms with Crippen LogP contribution in [0.1, 0.15) is 29.6 Å². The first-order chi connectivity index (χ1) is 21.2. The minimum atomic E-state index is -1.62. The van der Waals surface area contributed by atoms with Crippen LogP contribution in [0.15, 0.2) is 30.3 Å². The molecule has 0 bridgehead atoms. The smallest absolute Gasteiger partial charge is 0.317 e. The highest BCUT2D eigenvalue weighted by molar-refractivity contribution is 5.90. The highest BCUT2D eigenvalue weighted by Crippen LogP contribution is 2.55. The van der Waals surface area contributed by atoms with Gasteiger partial charge in [0.05, 0.1) is 19.1 Å². The molecule has 4 aliphatic heterocycles. The average molecular weight is 622 g/mol. The largest absolute Gasteiger partial charge is 0.492 e. The van der Waals surface area contributed by atoms with Gasteiger partial charge in [-0.1, -0.05) is 0 Å². The summed E-state index contributed by atoms with van der Waals surface area (Å²) in [5, 5.41) is 39.5. The zero-order chi connectivity index (χ0) is 31.0. The Balaban J connectivity index is 1.13. The van der Waals surface area contributed by atoms with Crippen LogP contribution in [-0.4, -0.2) is 102 Å². The maximum atomic E-state index is 11.6. The van der Waals surface area contributed by atoms with Crippen LogP contribution < -0.4 is 29.6 Å². The molecule has 0 radical (unpaired) electrons. The number of carboxylic acids is 1. The fraction of sp³-hybridized carbons (Fsp3) is 0.500. The summed E-state index contributed by atoms with van der Waals surface area (Å²) in [6, 6.07) is 8.47. The number of ether oxygens (including phenoxy) is 7. The third-order valence-corrected chi connectivity index (χ3v) is 7.47. The zero-order valence-corrected chi connectivity index (χ0v) is 23.1. The second kappa shape index (κ2) is 12.6. The number of aliphatic carboxylic acids is 1. The van der Waals surface area contributed by atoms with Gasteiger partial charge in [0.1, 0.15) is 55.5 Å². The highest BCUT2D eigenvalue weighted by atomic mass is 17.2. The van der Waals surface area contributed by atoms with E-state index in [1.165, 1.54) is 0 Å². The van der Waals surface area contributed by atoms with Gasteiger partial charge in [0.25, 0.3) is 6.29 Å². The summed E-state index contributed by atoms with van der Waals surface area (Å²) in [5.74, 6) is -0.231. The van der Waals surface area contributed by atoms with Gasteiger partial charge in [0.2, 0.25) is 0 Å². The molecule has 1 fully saturated rings. The van der Waals surface area contributed by atoms with Gasteiger partial charge in [0, 0.05) is 23.7 Å². The molecule has 6 rings (SSSR count). The zero-order valence-electron chi connectivity index (χ0n) is 23.1.